The summed E-state index contributed by atoms with van der Waals surface area (Å²) >= 11 is 0. The number of para-hydroxylation sites is 1. The lowest BCUT2D eigenvalue weighted by molar-refractivity contribution is 0.212. The summed E-state index contributed by atoms with van der Waals surface area (Å²) in [7, 11) is 2.14. The van der Waals surface area contributed by atoms with Gasteiger partial charge in [0, 0.05) is 31.7 Å². The summed E-state index contributed by atoms with van der Waals surface area (Å²) in [5.41, 5.74) is 7.58. The van der Waals surface area contributed by atoms with Crippen molar-refractivity contribution in [3.05, 3.63) is 29.6 Å². The molecule has 0 spiro atoms. The molecule has 19 heavy (non-hydrogen) atoms. The quantitative estimate of drug-likeness (QED) is 0.910. The Morgan fingerprint density at radius 1 is 1.42 bits per heavy atom. The van der Waals surface area contributed by atoms with E-state index >= 15 is 0 Å². The number of piperazine rings is 1. The number of anilines is 1. The van der Waals surface area contributed by atoms with Gasteiger partial charge in [0.2, 0.25) is 0 Å². The highest BCUT2D eigenvalue weighted by Gasteiger charge is 2.26. The van der Waals surface area contributed by atoms with Crippen molar-refractivity contribution in [3.8, 4) is 0 Å². The van der Waals surface area contributed by atoms with E-state index in [-0.39, 0.29) is 11.9 Å². The molecule has 0 aromatic heterocycles. The molecule has 4 heteroatoms. The minimum Gasteiger partial charge on any atom is -0.366 e. The van der Waals surface area contributed by atoms with E-state index in [0.29, 0.717) is 11.7 Å². The zero-order chi connectivity index (χ0) is 14.0. The molecule has 106 valence electrons. The van der Waals surface area contributed by atoms with Gasteiger partial charge in [-0.2, -0.15) is 0 Å². The Balaban J connectivity index is 2.31. The average Bonchev–Trinajstić information content (AvgIpc) is 2.39. The van der Waals surface area contributed by atoms with Crippen LogP contribution in [0.2, 0.25) is 0 Å². The fourth-order valence-electron chi connectivity index (χ4n) is 2.82. The molecular weight excluding hydrogens is 241 g/mol. The number of halogens is 1. The highest BCUT2D eigenvalue weighted by molar-refractivity contribution is 5.56. The first-order valence-corrected chi connectivity index (χ1v) is 7.03. The third-order valence-corrected chi connectivity index (χ3v) is 4.07. The zero-order valence-electron chi connectivity index (χ0n) is 12.1. The summed E-state index contributed by atoms with van der Waals surface area (Å²) in [6.45, 7) is 6.77. The lowest BCUT2D eigenvalue weighted by Gasteiger charge is -2.41. The van der Waals surface area contributed by atoms with Crippen LogP contribution >= 0.6 is 0 Å². The molecule has 3 nitrogen and oxygen atoms in total. The standard InChI is InChI=1S/C15H24FN3/c1-4-12-10-19(9-8-18(12)3)15-13(11(2)17)6-5-7-14(15)16/h5-7,11-12H,4,8-10,17H2,1-3H3/t11-,12?/m1/s1. The Labute approximate surface area is 115 Å². The Morgan fingerprint density at radius 3 is 2.79 bits per heavy atom. The summed E-state index contributed by atoms with van der Waals surface area (Å²) in [5, 5.41) is 0. The normalized spacial score (nSPS) is 22.6. The highest BCUT2D eigenvalue weighted by atomic mass is 19.1. The predicted molar refractivity (Wildman–Crippen MR) is 77.9 cm³/mol. The van der Waals surface area contributed by atoms with Gasteiger partial charge >= 0.3 is 0 Å². The fourth-order valence-corrected chi connectivity index (χ4v) is 2.82. The van der Waals surface area contributed by atoms with E-state index in [1.54, 1.807) is 6.07 Å². The largest absolute Gasteiger partial charge is 0.366 e. The maximum Gasteiger partial charge on any atom is 0.146 e. The van der Waals surface area contributed by atoms with Crippen LogP contribution in [-0.2, 0) is 0 Å². The highest BCUT2D eigenvalue weighted by Crippen LogP contribution is 2.30. The van der Waals surface area contributed by atoms with Gasteiger partial charge in [0.05, 0.1) is 5.69 Å². The van der Waals surface area contributed by atoms with Crippen LogP contribution in [0.15, 0.2) is 18.2 Å². The fraction of sp³-hybridized carbons (Fsp3) is 0.600. The van der Waals surface area contributed by atoms with Gasteiger partial charge in [0.25, 0.3) is 0 Å². The molecule has 0 amide bonds. The monoisotopic (exact) mass is 265 g/mol. The van der Waals surface area contributed by atoms with Crippen LogP contribution in [0.25, 0.3) is 0 Å². The molecule has 0 radical (unpaired) electrons. The molecule has 0 aliphatic carbocycles. The van der Waals surface area contributed by atoms with Crippen molar-refractivity contribution in [2.24, 2.45) is 5.73 Å². The van der Waals surface area contributed by atoms with E-state index in [2.05, 4.69) is 23.8 Å². The lowest BCUT2D eigenvalue weighted by Crippen LogP contribution is -2.51. The van der Waals surface area contributed by atoms with Crippen molar-refractivity contribution in [2.75, 3.05) is 31.6 Å². The van der Waals surface area contributed by atoms with Crippen molar-refractivity contribution in [1.82, 2.24) is 4.90 Å². The molecule has 1 aliphatic heterocycles. The van der Waals surface area contributed by atoms with E-state index in [1.165, 1.54) is 6.07 Å². The number of rotatable bonds is 3. The average molecular weight is 265 g/mol. The van der Waals surface area contributed by atoms with Crippen LogP contribution in [0.4, 0.5) is 10.1 Å². The van der Waals surface area contributed by atoms with Gasteiger partial charge in [-0.3, -0.25) is 4.90 Å². The summed E-state index contributed by atoms with van der Waals surface area (Å²) in [4.78, 5) is 4.51. The molecular formula is C15H24FN3. The molecule has 2 rings (SSSR count). The molecule has 2 N–H and O–H groups in total. The summed E-state index contributed by atoms with van der Waals surface area (Å²) in [5.74, 6) is -0.158. The number of benzene rings is 1. The van der Waals surface area contributed by atoms with E-state index in [1.807, 2.05) is 13.0 Å². The molecule has 1 saturated heterocycles. The Hall–Kier alpha value is -1.13. The summed E-state index contributed by atoms with van der Waals surface area (Å²) in [6.07, 6.45) is 1.08. The Kier molecular flexibility index (Phi) is 4.42. The van der Waals surface area contributed by atoms with Gasteiger partial charge in [-0.1, -0.05) is 19.1 Å². The second-order valence-corrected chi connectivity index (χ2v) is 5.46. The maximum absolute atomic E-state index is 14.2. The van der Waals surface area contributed by atoms with E-state index < -0.39 is 0 Å². The molecule has 1 heterocycles. The first-order chi connectivity index (χ1) is 9.04. The molecule has 1 aromatic rings. The number of hydrogen-bond donors (Lipinski definition) is 1. The van der Waals surface area contributed by atoms with Gasteiger partial charge in [-0.15, -0.1) is 0 Å². The summed E-state index contributed by atoms with van der Waals surface area (Å²) in [6, 6.07) is 5.54. The van der Waals surface area contributed by atoms with Crippen molar-refractivity contribution >= 4 is 5.69 Å². The minimum atomic E-state index is -0.158. The predicted octanol–water partition coefficient (Wildman–Crippen LogP) is 2.38. The first kappa shape index (κ1) is 14.3. The SMILES string of the molecule is CCC1CN(c2c(F)cccc2[C@@H](C)N)CCN1C. The van der Waals surface area contributed by atoms with Gasteiger partial charge in [0.1, 0.15) is 5.82 Å². The first-order valence-electron chi connectivity index (χ1n) is 7.03. The number of nitrogens with two attached hydrogens (primary N) is 1. The molecule has 1 aromatic carbocycles. The van der Waals surface area contributed by atoms with E-state index in [9.17, 15) is 4.39 Å². The van der Waals surface area contributed by atoms with Gasteiger partial charge in [0.15, 0.2) is 0 Å². The van der Waals surface area contributed by atoms with Crippen molar-refractivity contribution in [1.29, 1.82) is 0 Å². The molecule has 0 bridgehead atoms. The number of likely N-dealkylation sites (N-methyl/N-ethyl adjacent to an activating group) is 1. The van der Waals surface area contributed by atoms with Crippen LogP contribution < -0.4 is 10.6 Å². The third kappa shape index (κ3) is 2.90. The molecule has 1 fully saturated rings. The summed E-state index contributed by atoms with van der Waals surface area (Å²) < 4.78 is 14.2. The molecule has 1 unspecified atom stereocenters. The van der Waals surface area contributed by atoms with Crippen molar-refractivity contribution < 1.29 is 4.39 Å². The van der Waals surface area contributed by atoms with Crippen LogP contribution in [-0.4, -0.2) is 37.6 Å². The topological polar surface area (TPSA) is 32.5 Å². The van der Waals surface area contributed by atoms with Crippen LogP contribution in [0.3, 0.4) is 0 Å². The molecule has 0 saturated carbocycles. The third-order valence-electron chi connectivity index (χ3n) is 4.07. The van der Waals surface area contributed by atoms with Crippen LogP contribution in [0, 0.1) is 5.82 Å². The Bertz CT molecular complexity index is 433. The molecule has 2 atom stereocenters. The van der Waals surface area contributed by atoms with Crippen molar-refractivity contribution in [2.45, 2.75) is 32.4 Å². The van der Waals surface area contributed by atoms with Crippen LogP contribution in [0.5, 0.6) is 0 Å². The maximum atomic E-state index is 14.2. The smallest absolute Gasteiger partial charge is 0.146 e. The molecule has 1 aliphatic rings. The van der Waals surface area contributed by atoms with Gasteiger partial charge in [-0.25, -0.2) is 4.39 Å². The van der Waals surface area contributed by atoms with Gasteiger partial charge < -0.3 is 10.6 Å². The second kappa shape index (κ2) is 5.88. The van der Waals surface area contributed by atoms with E-state index in [0.717, 1.165) is 31.6 Å². The number of nitrogens with zero attached hydrogens (tertiary/aromatic N) is 2. The number of hydrogen-bond acceptors (Lipinski definition) is 3. The Morgan fingerprint density at radius 2 is 2.16 bits per heavy atom. The minimum absolute atomic E-state index is 0.148. The van der Waals surface area contributed by atoms with Crippen molar-refractivity contribution in [3.63, 3.8) is 0 Å². The zero-order valence-corrected chi connectivity index (χ0v) is 12.1. The lowest BCUT2D eigenvalue weighted by atomic mass is 10.0. The second-order valence-electron chi connectivity index (χ2n) is 5.46. The van der Waals surface area contributed by atoms with Crippen LogP contribution in [0.1, 0.15) is 31.9 Å². The van der Waals surface area contributed by atoms with Gasteiger partial charge in [-0.05, 0) is 32.0 Å². The van der Waals surface area contributed by atoms with E-state index in [4.69, 9.17) is 5.73 Å².